The van der Waals surface area contributed by atoms with Gasteiger partial charge in [0.2, 0.25) is 5.82 Å². The van der Waals surface area contributed by atoms with Gasteiger partial charge in [0, 0.05) is 27.5 Å². The maximum atomic E-state index is 16.2. The molecular weight excluding hydrogens is 862 g/mol. The minimum atomic E-state index is -5.73. The fourth-order valence-corrected chi connectivity index (χ4v) is 6.92. The summed E-state index contributed by atoms with van der Waals surface area (Å²) >= 11 is 0. The lowest BCUT2D eigenvalue weighted by atomic mass is 9.72. The van der Waals surface area contributed by atoms with Gasteiger partial charge in [-0.2, -0.15) is 17.6 Å². The van der Waals surface area contributed by atoms with Crippen LogP contribution in [0.1, 0.15) is 11.1 Å². The first kappa shape index (κ1) is 39.6. The second kappa shape index (κ2) is 12.6. The van der Waals surface area contributed by atoms with Crippen molar-refractivity contribution in [2.75, 3.05) is 0 Å². The number of fused-ring (bicyclic) bond motifs is 3. The number of rotatable bonds is 5. The Morgan fingerprint density at radius 2 is 0.695 bits per heavy atom. The third-order valence-corrected chi connectivity index (χ3v) is 9.37. The third-order valence-electron chi connectivity index (χ3n) is 9.37. The first-order chi connectivity index (χ1) is 27.5. The zero-order valence-electron chi connectivity index (χ0n) is 27.0. The Kier molecular flexibility index (Phi) is 8.48. The van der Waals surface area contributed by atoms with Crippen LogP contribution in [0.25, 0.3) is 43.4 Å². The molecule has 0 spiro atoms. The largest absolute Gasteiger partial charge is 0.636 e. The van der Waals surface area contributed by atoms with E-state index >= 15 is 52.7 Å². The molecule has 0 aromatic heterocycles. The second-order valence-electron chi connectivity index (χ2n) is 12.3. The van der Waals surface area contributed by atoms with E-state index in [1.165, 1.54) is 0 Å². The van der Waals surface area contributed by atoms with Crippen LogP contribution in [-0.4, -0.2) is 7.12 Å². The Balaban J connectivity index is 1.54. The van der Waals surface area contributed by atoms with Gasteiger partial charge in [-0.05, 0) is 12.1 Å². The molecule has 0 N–H and O–H groups in total. The second-order valence-corrected chi connectivity index (χ2v) is 12.3. The van der Waals surface area contributed by atoms with E-state index in [1.807, 2.05) is 0 Å². The van der Waals surface area contributed by atoms with Crippen LogP contribution in [0.5, 0.6) is 11.5 Å². The molecule has 8 rings (SSSR count). The van der Waals surface area contributed by atoms with Crippen LogP contribution in [0.15, 0.2) is 12.1 Å². The van der Waals surface area contributed by atoms with E-state index in [4.69, 9.17) is 4.65 Å². The number of alkyl halides is 2. The van der Waals surface area contributed by atoms with Crippen LogP contribution < -0.4 is 14.8 Å². The molecule has 304 valence electrons. The van der Waals surface area contributed by atoms with Gasteiger partial charge in [-0.25, -0.2) is 74.6 Å². The molecule has 24 heteroatoms. The van der Waals surface area contributed by atoms with Crippen molar-refractivity contribution < 1.29 is 102 Å². The maximum Gasteiger partial charge on any atom is 0.636 e. The summed E-state index contributed by atoms with van der Waals surface area (Å²) in [6.45, 7) is 0. The molecule has 0 radical (unpaired) electrons. The topological polar surface area (TPSA) is 18.5 Å². The molecule has 0 saturated carbocycles. The SMILES string of the molecule is Fc1ccc(F)c(OB(Oc2c(F)c(F)c3c(F)c(F)c4c(F)c(F)c(F)c5c(F)c(F)c2c3c45)c2c(F)c(F)c(F)c3c2C(F)(F)c2c(F)c(F)c(F)c(F)c2-3)c1F. The van der Waals surface area contributed by atoms with Gasteiger partial charge < -0.3 is 9.31 Å². The van der Waals surface area contributed by atoms with Crippen molar-refractivity contribution in [3.05, 3.63) is 134 Å². The fourth-order valence-electron chi connectivity index (χ4n) is 6.92. The molecule has 0 saturated heterocycles. The summed E-state index contributed by atoms with van der Waals surface area (Å²) < 4.78 is 329. The summed E-state index contributed by atoms with van der Waals surface area (Å²) in [6, 6.07) is -0.0891. The molecule has 1 aliphatic carbocycles. The predicted octanol–water partition coefficient (Wildman–Crippen LogP) is 11.2. The molecule has 7 aromatic carbocycles. The Bertz CT molecular complexity index is 3070. The lowest BCUT2D eigenvalue weighted by molar-refractivity contribution is 0.0433. The summed E-state index contributed by atoms with van der Waals surface area (Å²) in [4.78, 5) is 0. The van der Waals surface area contributed by atoms with Crippen LogP contribution in [0.4, 0.5) is 92.2 Å². The first-order valence-corrected chi connectivity index (χ1v) is 15.3. The monoisotopic (exact) mass is 864 g/mol. The highest BCUT2D eigenvalue weighted by atomic mass is 19.3. The predicted molar refractivity (Wildman–Crippen MR) is 157 cm³/mol. The van der Waals surface area contributed by atoms with Crippen LogP contribution in [-0.2, 0) is 5.92 Å². The maximum absolute atomic E-state index is 16.2. The quantitative estimate of drug-likeness (QED) is 0.0564. The Hall–Kier alpha value is -6.23. The van der Waals surface area contributed by atoms with Crippen LogP contribution >= 0.6 is 0 Å². The number of hydrogen-bond acceptors (Lipinski definition) is 2. The Morgan fingerprint density at radius 1 is 0.322 bits per heavy atom. The molecule has 0 fully saturated rings. The molecule has 59 heavy (non-hydrogen) atoms. The van der Waals surface area contributed by atoms with Crippen molar-refractivity contribution in [1.82, 2.24) is 0 Å². The zero-order chi connectivity index (χ0) is 43.4. The molecule has 0 heterocycles. The zero-order valence-corrected chi connectivity index (χ0v) is 27.0. The van der Waals surface area contributed by atoms with E-state index in [1.54, 1.807) is 0 Å². The van der Waals surface area contributed by atoms with Crippen molar-refractivity contribution >= 4 is 44.9 Å². The lowest BCUT2D eigenvalue weighted by Gasteiger charge is -2.25. The Labute approximate surface area is 309 Å². The third kappa shape index (κ3) is 4.84. The van der Waals surface area contributed by atoms with E-state index in [0.717, 1.165) is 0 Å². The van der Waals surface area contributed by atoms with Crippen LogP contribution in [0.3, 0.4) is 0 Å². The number of halogens is 21. The molecule has 0 aliphatic heterocycles. The molecule has 1 aliphatic rings. The van der Waals surface area contributed by atoms with Gasteiger partial charge in [-0.3, -0.25) is 0 Å². The van der Waals surface area contributed by atoms with Gasteiger partial charge in [0.15, 0.2) is 116 Å². The summed E-state index contributed by atoms with van der Waals surface area (Å²) in [6.07, 6.45) is 0. The van der Waals surface area contributed by atoms with E-state index in [0.29, 0.717) is 0 Å². The highest BCUT2D eigenvalue weighted by Crippen LogP contribution is 2.55. The van der Waals surface area contributed by atoms with E-state index in [2.05, 4.69) is 4.65 Å². The molecule has 2 nitrogen and oxygen atoms in total. The summed E-state index contributed by atoms with van der Waals surface area (Å²) in [5.74, 6) is -64.3. The van der Waals surface area contributed by atoms with Gasteiger partial charge in [0.05, 0.1) is 32.6 Å². The van der Waals surface area contributed by atoms with Gasteiger partial charge in [0.25, 0.3) is 0 Å². The molecule has 0 unspecified atom stereocenters. The smallest absolute Gasteiger partial charge is 0.519 e. The number of hydrogen-bond donors (Lipinski definition) is 0. The van der Waals surface area contributed by atoms with Crippen LogP contribution in [0, 0.1) is 111 Å². The van der Waals surface area contributed by atoms with E-state index < -0.39 is 195 Å². The molecule has 0 atom stereocenters. The average molecular weight is 864 g/mol. The van der Waals surface area contributed by atoms with Crippen molar-refractivity contribution in [2.45, 2.75) is 5.92 Å². The van der Waals surface area contributed by atoms with Crippen molar-refractivity contribution in [1.29, 1.82) is 0 Å². The van der Waals surface area contributed by atoms with E-state index in [9.17, 15) is 39.5 Å². The molecule has 0 amide bonds. The van der Waals surface area contributed by atoms with Crippen LogP contribution in [0.2, 0.25) is 0 Å². The Morgan fingerprint density at radius 3 is 1.24 bits per heavy atom. The van der Waals surface area contributed by atoms with Gasteiger partial charge in [-0.15, -0.1) is 0 Å². The minimum Gasteiger partial charge on any atom is -0.519 e. The highest BCUT2D eigenvalue weighted by molar-refractivity contribution is 6.64. The van der Waals surface area contributed by atoms with E-state index in [-0.39, 0.29) is 12.1 Å². The first-order valence-electron chi connectivity index (χ1n) is 15.3. The average Bonchev–Trinajstić information content (AvgIpc) is 3.43. The fraction of sp³-hybridized carbons (Fsp3) is 0.0286. The van der Waals surface area contributed by atoms with Crippen molar-refractivity contribution in [3.63, 3.8) is 0 Å². The standard InChI is InChI=1S/C35H2BF21O2/c37-3-1-2-4(38)33(16(3)39)58-36(15-13-7(17(40)29(52)27(15)50)8-14(35(13,56)57)26(49)31(54)30(53)18(8)41)59-34-12-6-5-9(19(42)20(43)11(6)24(47)32(34)55)22(45)28(51)23(46)10(5)21(44)25(12)48/h1-2H. The summed E-state index contributed by atoms with van der Waals surface area (Å²) in [5, 5.41) is -12.6. The van der Waals surface area contributed by atoms with Crippen molar-refractivity contribution in [2.24, 2.45) is 0 Å². The van der Waals surface area contributed by atoms with Gasteiger partial charge in [0.1, 0.15) is 0 Å². The summed E-state index contributed by atoms with van der Waals surface area (Å²) in [7, 11) is -4.13. The minimum absolute atomic E-state index is 0.0223. The normalized spacial score (nSPS) is 13.3. The van der Waals surface area contributed by atoms with Crippen molar-refractivity contribution in [3.8, 4) is 22.6 Å². The lowest BCUT2D eigenvalue weighted by Crippen LogP contribution is -2.49. The molecule has 0 bridgehead atoms. The molecular formula is C35H2BF21O2. The van der Waals surface area contributed by atoms with Gasteiger partial charge in [-0.1, -0.05) is 0 Å². The van der Waals surface area contributed by atoms with Gasteiger partial charge >= 0.3 is 13.0 Å². The molecule has 7 aromatic rings. The number of benzene rings is 7. The highest BCUT2D eigenvalue weighted by Gasteiger charge is 2.57. The summed E-state index contributed by atoms with van der Waals surface area (Å²) in [5.41, 5.74) is -13.1.